The lowest BCUT2D eigenvalue weighted by Gasteiger charge is -2.16. The van der Waals surface area contributed by atoms with Crippen LogP contribution in [0.25, 0.3) is 0 Å². The molecule has 0 radical (unpaired) electrons. The van der Waals surface area contributed by atoms with Crippen LogP contribution in [0.5, 0.6) is 11.5 Å². The van der Waals surface area contributed by atoms with Crippen molar-refractivity contribution >= 4 is 0 Å². The summed E-state index contributed by atoms with van der Waals surface area (Å²) in [6, 6.07) is 16.0. The number of rotatable bonds is 6. The number of hydrogen-bond acceptors (Lipinski definition) is 5. The number of benzene rings is 2. The minimum absolute atomic E-state index is 0.345. The second-order valence-electron chi connectivity index (χ2n) is 4.70. The van der Waals surface area contributed by atoms with Crippen LogP contribution < -0.4 is 9.47 Å². The number of aliphatic hydroxyl groups excluding tert-OH is 2. The topological polar surface area (TPSA) is 82.7 Å². The van der Waals surface area contributed by atoms with Crippen molar-refractivity contribution in [1.82, 2.24) is 0 Å². The Balaban J connectivity index is 2.19. The van der Waals surface area contributed by atoms with E-state index in [2.05, 4.69) is 0 Å². The second-order valence-corrected chi connectivity index (χ2v) is 4.70. The standard InChI is InChI=1S/C17H17NO4/c1-21-15-8-7-13(17(20)14(19)10-18)9-16(15)22-11-12-5-3-2-4-6-12/h2-9,14,17,19-20H,11H2,1H3. The molecular weight excluding hydrogens is 282 g/mol. The van der Waals surface area contributed by atoms with E-state index in [0.717, 1.165) is 5.56 Å². The van der Waals surface area contributed by atoms with Gasteiger partial charge in [0.05, 0.1) is 13.2 Å². The van der Waals surface area contributed by atoms with Crippen molar-refractivity contribution in [3.05, 3.63) is 59.7 Å². The first-order chi connectivity index (χ1) is 10.7. The van der Waals surface area contributed by atoms with E-state index in [1.165, 1.54) is 7.11 Å². The Hall–Kier alpha value is -2.55. The molecule has 114 valence electrons. The van der Waals surface area contributed by atoms with E-state index in [1.807, 2.05) is 30.3 Å². The van der Waals surface area contributed by atoms with Crippen LogP contribution in [0, 0.1) is 11.3 Å². The lowest BCUT2D eigenvalue weighted by atomic mass is 10.0. The fraction of sp³-hybridized carbons (Fsp3) is 0.235. The third-order valence-corrected chi connectivity index (χ3v) is 3.20. The van der Waals surface area contributed by atoms with Gasteiger partial charge in [0.2, 0.25) is 0 Å². The van der Waals surface area contributed by atoms with Crippen LogP contribution in [0.2, 0.25) is 0 Å². The molecule has 2 N–H and O–H groups in total. The predicted octanol–water partition coefficient (Wildman–Crippen LogP) is 2.19. The molecule has 0 amide bonds. The Morgan fingerprint density at radius 1 is 1.09 bits per heavy atom. The maximum Gasteiger partial charge on any atom is 0.170 e. The van der Waals surface area contributed by atoms with E-state index in [9.17, 15) is 10.2 Å². The van der Waals surface area contributed by atoms with Gasteiger partial charge >= 0.3 is 0 Å². The summed E-state index contributed by atoms with van der Waals surface area (Å²) >= 11 is 0. The van der Waals surface area contributed by atoms with Gasteiger partial charge in [-0.1, -0.05) is 36.4 Å². The summed E-state index contributed by atoms with van der Waals surface area (Å²) in [5, 5.41) is 28.0. The zero-order valence-corrected chi connectivity index (χ0v) is 12.1. The molecule has 22 heavy (non-hydrogen) atoms. The van der Waals surface area contributed by atoms with Crippen molar-refractivity contribution in [3.63, 3.8) is 0 Å². The Kier molecular flexibility index (Phi) is 5.37. The highest BCUT2D eigenvalue weighted by atomic mass is 16.5. The Morgan fingerprint density at radius 2 is 1.82 bits per heavy atom. The van der Waals surface area contributed by atoms with Gasteiger partial charge < -0.3 is 19.7 Å². The van der Waals surface area contributed by atoms with E-state index in [4.69, 9.17) is 14.7 Å². The summed E-state index contributed by atoms with van der Waals surface area (Å²) in [7, 11) is 1.52. The maximum absolute atomic E-state index is 9.89. The van der Waals surface area contributed by atoms with E-state index >= 15 is 0 Å². The average Bonchev–Trinajstić information content (AvgIpc) is 2.59. The minimum Gasteiger partial charge on any atom is -0.493 e. The highest BCUT2D eigenvalue weighted by Crippen LogP contribution is 2.31. The minimum atomic E-state index is -1.49. The first kappa shape index (κ1) is 15.8. The van der Waals surface area contributed by atoms with Crippen molar-refractivity contribution in [3.8, 4) is 17.6 Å². The number of nitriles is 1. The van der Waals surface area contributed by atoms with Crippen LogP contribution in [0.4, 0.5) is 0 Å². The molecular formula is C17H17NO4. The van der Waals surface area contributed by atoms with Gasteiger partial charge in [0, 0.05) is 0 Å². The van der Waals surface area contributed by atoms with Crippen LogP contribution in [0.1, 0.15) is 17.2 Å². The Labute approximate surface area is 129 Å². The van der Waals surface area contributed by atoms with Crippen LogP contribution >= 0.6 is 0 Å². The third-order valence-electron chi connectivity index (χ3n) is 3.20. The van der Waals surface area contributed by atoms with Crippen molar-refractivity contribution in [2.24, 2.45) is 0 Å². The summed E-state index contributed by atoms with van der Waals surface area (Å²) in [6.07, 6.45) is -2.79. The third kappa shape index (κ3) is 3.76. The molecule has 2 unspecified atom stereocenters. The molecule has 2 aromatic rings. The molecule has 2 rings (SSSR count). The molecule has 0 heterocycles. The van der Waals surface area contributed by atoms with Crippen LogP contribution in [0.15, 0.2) is 48.5 Å². The Morgan fingerprint density at radius 3 is 2.45 bits per heavy atom. The molecule has 0 fully saturated rings. The zero-order chi connectivity index (χ0) is 15.9. The van der Waals surface area contributed by atoms with Crippen LogP contribution in [-0.4, -0.2) is 23.4 Å². The molecule has 0 aliphatic rings. The van der Waals surface area contributed by atoms with Crippen LogP contribution in [0.3, 0.4) is 0 Å². The van der Waals surface area contributed by atoms with Gasteiger partial charge in [0.15, 0.2) is 17.6 Å². The molecule has 2 atom stereocenters. The van der Waals surface area contributed by atoms with Crippen LogP contribution in [-0.2, 0) is 6.61 Å². The maximum atomic E-state index is 9.89. The number of hydrogen-bond donors (Lipinski definition) is 2. The number of aliphatic hydroxyl groups is 2. The summed E-state index contributed by atoms with van der Waals surface area (Å²) in [5.74, 6) is 0.950. The number of methoxy groups -OCH3 is 1. The summed E-state index contributed by atoms with van der Waals surface area (Å²) in [4.78, 5) is 0. The molecule has 0 aromatic heterocycles. The summed E-state index contributed by atoms with van der Waals surface area (Å²) in [6.45, 7) is 0.345. The fourth-order valence-corrected chi connectivity index (χ4v) is 1.98. The number of nitrogens with zero attached hydrogens (tertiary/aromatic N) is 1. The van der Waals surface area contributed by atoms with Gasteiger partial charge in [-0.05, 0) is 23.3 Å². The van der Waals surface area contributed by atoms with Crippen molar-refractivity contribution in [2.45, 2.75) is 18.8 Å². The molecule has 5 nitrogen and oxygen atoms in total. The highest BCUT2D eigenvalue weighted by Gasteiger charge is 2.19. The molecule has 0 aliphatic heterocycles. The molecule has 5 heteroatoms. The predicted molar refractivity (Wildman–Crippen MR) is 80.3 cm³/mol. The van der Waals surface area contributed by atoms with E-state index < -0.39 is 12.2 Å². The molecule has 2 aromatic carbocycles. The molecule has 0 bridgehead atoms. The Bertz CT molecular complexity index is 651. The SMILES string of the molecule is COc1ccc(C(O)C(O)C#N)cc1OCc1ccccc1. The second kappa shape index (κ2) is 7.46. The van der Waals surface area contributed by atoms with Gasteiger partial charge in [0.25, 0.3) is 0 Å². The molecule has 0 spiro atoms. The normalized spacial score (nSPS) is 13.0. The average molecular weight is 299 g/mol. The summed E-state index contributed by atoms with van der Waals surface area (Å²) < 4.78 is 10.9. The van der Waals surface area contributed by atoms with E-state index in [1.54, 1.807) is 24.3 Å². The number of ether oxygens (including phenoxy) is 2. The zero-order valence-electron chi connectivity index (χ0n) is 12.1. The van der Waals surface area contributed by atoms with Crippen molar-refractivity contribution in [2.75, 3.05) is 7.11 Å². The smallest absolute Gasteiger partial charge is 0.170 e. The first-order valence-corrected chi connectivity index (χ1v) is 6.76. The van der Waals surface area contributed by atoms with E-state index in [0.29, 0.717) is 23.7 Å². The summed E-state index contributed by atoms with van der Waals surface area (Å²) in [5.41, 5.74) is 1.38. The highest BCUT2D eigenvalue weighted by molar-refractivity contribution is 5.44. The fourth-order valence-electron chi connectivity index (χ4n) is 1.98. The van der Waals surface area contributed by atoms with Gasteiger partial charge in [-0.25, -0.2) is 0 Å². The van der Waals surface area contributed by atoms with Crippen molar-refractivity contribution < 1.29 is 19.7 Å². The van der Waals surface area contributed by atoms with Gasteiger partial charge in [0.1, 0.15) is 12.7 Å². The first-order valence-electron chi connectivity index (χ1n) is 6.76. The van der Waals surface area contributed by atoms with Crippen molar-refractivity contribution in [1.29, 1.82) is 5.26 Å². The quantitative estimate of drug-likeness (QED) is 0.799. The molecule has 0 saturated carbocycles. The van der Waals surface area contributed by atoms with Gasteiger partial charge in [-0.15, -0.1) is 0 Å². The van der Waals surface area contributed by atoms with Gasteiger partial charge in [-0.2, -0.15) is 5.26 Å². The largest absolute Gasteiger partial charge is 0.493 e. The molecule has 0 aliphatic carbocycles. The van der Waals surface area contributed by atoms with E-state index in [-0.39, 0.29) is 0 Å². The lowest BCUT2D eigenvalue weighted by molar-refractivity contribution is 0.0525. The van der Waals surface area contributed by atoms with Gasteiger partial charge in [-0.3, -0.25) is 0 Å². The lowest BCUT2D eigenvalue weighted by Crippen LogP contribution is -2.15. The molecule has 0 saturated heterocycles. The monoisotopic (exact) mass is 299 g/mol.